The van der Waals surface area contributed by atoms with E-state index in [0.717, 1.165) is 0 Å². The van der Waals surface area contributed by atoms with Crippen LogP contribution in [0.2, 0.25) is 5.02 Å². The summed E-state index contributed by atoms with van der Waals surface area (Å²) in [5.74, 6) is -5.14. The summed E-state index contributed by atoms with van der Waals surface area (Å²) in [5, 5.41) is 40.4. The Balaban J connectivity index is 1.15. The first-order valence-corrected chi connectivity index (χ1v) is 17.1. The van der Waals surface area contributed by atoms with Crippen LogP contribution < -0.4 is 21.3 Å². The molecule has 284 valence electrons. The van der Waals surface area contributed by atoms with Crippen molar-refractivity contribution < 1.29 is 43.7 Å². The number of aliphatic carboxylic acids is 1. The van der Waals surface area contributed by atoms with E-state index in [1.165, 1.54) is 29.2 Å². The minimum atomic E-state index is -1.29. The standard InChI is InChI=1S/C35H33ClN10O9/c36-21-3-8-29(46-18-37-43-44-46)26(16-21)41-32(50)33(51)42-27(31(49)38-23-6-7-25-20(14-23)15-28(40-25)34(52)53)13-19-1-4-22(5-2-19)39-35(54)45-11-9-24(10-12-45)55-17-30(47)48/h1-8,14-16,18,24,27,40H,9-13,17H2,(H,38,49)(H,39,54)(H,41,50)(H,42,51)(H,47,48)(H,52,53)/t27-/m0/s1. The average molecular weight is 773 g/mol. The maximum atomic E-state index is 13.7. The number of tetrazole rings is 1. The van der Waals surface area contributed by atoms with E-state index in [1.54, 1.807) is 53.4 Å². The predicted octanol–water partition coefficient (Wildman–Crippen LogP) is 2.90. The van der Waals surface area contributed by atoms with E-state index in [9.17, 15) is 33.9 Å². The summed E-state index contributed by atoms with van der Waals surface area (Å²) in [7, 11) is 0. The third kappa shape index (κ3) is 9.77. The second-order valence-corrected chi connectivity index (χ2v) is 12.8. The number of aromatic nitrogens is 5. The maximum Gasteiger partial charge on any atom is 0.352 e. The lowest BCUT2D eigenvalue weighted by Gasteiger charge is -2.31. The van der Waals surface area contributed by atoms with Gasteiger partial charge in [0, 0.05) is 46.8 Å². The molecule has 6 rings (SSSR count). The molecule has 19 nitrogen and oxygen atoms in total. The molecule has 1 atom stereocenters. The van der Waals surface area contributed by atoms with E-state index in [1.807, 2.05) is 0 Å². The van der Waals surface area contributed by atoms with E-state index >= 15 is 0 Å². The number of carboxylic acids is 2. The topological polar surface area (TPSA) is 263 Å². The molecule has 1 aliphatic rings. The molecular weight excluding hydrogens is 740 g/mol. The Morgan fingerprint density at radius 2 is 1.64 bits per heavy atom. The van der Waals surface area contributed by atoms with Gasteiger partial charge in [0.05, 0.1) is 17.5 Å². The van der Waals surface area contributed by atoms with Crippen LogP contribution in [0.25, 0.3) is 16.6 Å². The zero-order chi connectivity index (χ0) is 39.1. The summed E-state index contributed by atoms with van der Waals surface area (Å²) >= 11 is 6.15. The molecule has 0 aliphatic carbocycles. The largest absolute Gasteiger partial charge is 0.480 e. The number of likely N-dealkylation sites (tertiary alicyclic amines) is 1. The second-order valence-electron chi connectivity index (χ2n) is 12.4. The number of amides is 5. The molecule has 55 heavy (non-hydrogen) atoms. The summed E-state index contributed by atoms with van der Waals surface area (Å²) < 4.78 is 6.59. The Hall–Kier alpha value is -6.86. The number of nitrogens with one attached hydrogen (secondary N) is 5. The monoisotopic (exact) mass is 772 g/mol. The van der Waals surface area contributed by atoms with Crippen LogP contribution in [0.3, 0.4) is 0 Å². The summed E-state index contributed by atoms with van der Waals surface area (Å²) in [4.78, 5) is 79.7. The van der Waals surface area contributed by atoms with Gasteiger partial charge in [0.1, 0.15) is 24.7 Å². The summed E-state index contributed by atoms with van der Waals surface area (Å²) in [6.45, 7) is 0.368. The van der Waals surface area contributed by atoms with Crippen molar-refractivity contribution in [2.45, 2.75) is 31.4 Å². The van der Waals surface area contributed by atoms with Gasteiger partial charge in [-0.2, -0.15) is 4.68 Å². The van der Waals surface area contributed by atoms with Crippen molar-refractivity contribution in [3.63, 3.8) is 0 Å². The first kappa shape index (κ1) is 37.9. The van der Waals surface area contributed by atoms with Gasteiger partial charge in [-0.25, -0.2) is 14.4 Å². The van der Waals surface area contributed by atoms with Crippen LogP contribution in [0.15, 0.2) is 73.1 Å². The maximum absolute atomic E-state index is 13.7. The number of H-pyrrole nitrogens is 1. The van der Waals surface area contributed by atoms with Crippen molar-refractivity contribution in [3.05, 3.63) is 89.3 Å². The molecule has 5 amide bonds. The van der Waals surface area contributed by atoms with E-state index in [-0.39, 0.29) is 35.0 Å². The van der Waals surface area contributed by atoms with Crippen molar-refractivity contribution in [1.29, 1.82) is 0 Å². The Morgan fingerprint density at radius 3 is 2.33 bits per heavy atom. The first-order valence-electron chi connectivity index (χ1n) is 16.7. The number of benzene rings is 3. The Morgan fingerprint density at radius 1 is 0.891 bits per heavy atom. The molecule has 1 saturated heterocycles. The summed E-state index contributed by atoms with van der Waals surface area (Å²) in [5.41, 5.74) is 2.26. The highest BCUT2D eigenvalue weighted by atomic mass is 35.5. The van der Waals surface area contributed by atoms with Crippen molar-refractivity contribution in [1.82, 2.24) is 35.4 Å². The van der Waals surface area contributed by atoms with Crippen LogP contribution in [-0.2, 0) is 30.3 Å². The number of halogens is 1. The first-order chi connectivity index (χ1) is 26.4. The van der Waals surface area contributed by atoms with Gasteiger partial charge in [-0.3, -0.25) is 14.4 Å². The van der Waals surface area contributed by atoms with E-state index in [0.29, 0.717) is 59.5 Å². The van der Waals surface area contributed by atoms with Crippen molar-refractivity contribution in [2.75, 3.05) is 35.6 Å². The van der Waals surface area contributed by atoms with Crippen molar-refractivity contribution >= 4 is 75.3 Å². The van der Waals surface area contributed by atoms with Gasteiger partial charge in [0.15, 0.2) is 0 Å². The molecule has 7 N–H and O–H groups in total. The fraction of sp³-hybridized carbons (Fsp3) is 0.229. The van der Waals surface area contributed by atoms with Gasteiger partial charge >= 0.3 is 29.8 Å². The van der Waals surface area contributed by atoms with Gasteiger partial charge in [-0.1, -0.05) is 23.7 Å². The number of ether oxygens (including phenoxy) is 1. The van der Waals surface area contributed by atoms with Gasteiger partial charge in [-0.05, 0) is 83.4 Å². The van der Waals surface area contributed by atoms with Gasteiger partial charge in [0.25, 0.3) is 0 Å². The fourth-order valence-electron chi connectivity index (χ4n) is 5.82. The van der Waals surface area contributed by atoms with Crippen LogP contribution in [0.4, 0.5) is 21.9 Å². The van der Waals surface area contributed by atoms with Crippen LogP contribution in [-0.4, -0.2) is 108 Å². The third-order valence-corrected chi connectivity index (χ3v) is 8.80. The molecule has 2 aromatic heterocycles. The highest BCUT2D eigenvalue weighted by Crippen LogP contribution is 2.25. The summed E-state index contributed by atoms with van der Waals surface area (Å²) in [6, 6.07) is 15.5. The molecule has 1 aliphatic heterocycles. The Bertz CT molecular complexity index is 2240. The lowest BCUT2D eigenvalue weighted by Crippen LogP contribution is -2.49. The molecule has 20 heteroatoms. The molecule has 0 spiro atoms. The lowest BCUT2D eigenvalue weighted by molar-refractivity contribution is -0.145. The van der Waals surface area contributed by atoms with Crippen molar-refractivity contribution in [2.24, 2.45) is 0 Å². The zero-order valence-corrected chi connectivity index (χ0v) is 29.4. The van der Waals surface area contributed by atoms with E-state index in [4.69, 9.17) is 21.4 Å². The number of nitrogens with zero attached hydrogens (tertiary/aromatic N) is 5. The third-order valence-electron chi connectivity index (χ3n) is 8.57. The average Bonchev–Trinajstić information content (AvgIpc) is 3.86. The zero-order valence-electron chi connectivity index (χ0n) is 28.7. The molecule has 0 unspecified atom stereocenters. The number of aromatic amines is 1. The number of urea groups is 1. The molecule has 3 aromatic carbocycles. The van der Waals surface area contributed by atoms with Crippen LogP contribution in [0.1, 0.15) is 28.9 Å². The molecule has 1 fully saturated rings. The smallest absolute Gasteiger partial charge is 0.352 e. The van der Waals surface area contributed by atoms with Gasteiger partial charge in [0.2, 0.25) is 5.91 Å². The molecular formula is C35H33ClN10O9. The minimum absolute atomic E-state index is 0.0376. The normalized spacial score (nSPS) is 13.5. The van der Waals surface area contributed by atoms with E-state index < -0.39 is 42.3 Å². The predicted molar refractivity (Wildman–Crippen MR) is 196 cm³/mol. The Labute approximate surface area is 316 Å². The van der Waals surface area contributed by atoms with Crippen LogP contribution in [0.5, 0.6) is 0 Å². The van der Waals surface area contributed by atoms with Crippen LogP contribution in [0, 0.1) is 0 Å². The molecule has 3 heterocycles. The van der Waals surface area contributed by atoms with Crippen molar-refractivity contribution in [3.8, 4) is 5.69 Å². The number of anilines is 3. The second kappa shape index (κ2) is 16.9. The van der Waals surface area contributed by atoms with E-state index in [2.05, 4.69) is 41.8 Å². The SMILES string of the molecule is O=C(O)COC1CCN(C(=O)Nc2ccc(C[C@H](NC(=O)C(=O)Nc3cc(Cl)ccc3-n3cnnn3)C(=O)Nc3ccc4[nH]c(C(=O)O)cc4c3)cc2)CC1. The molecule has 0 bridgehead atoms. The number of piperidine rings is 1. The minimum Gasteiger partial charge on any atom is -0.480 e. The molecule has 0 radical (unpaired) electrons. The Kier molecular flexibility index (Phi) is 11.6. The number of rotatable bonds is 12. The fourth-order valence-corrected chi connectivity index (χ4v) is 6.00. The number of carbonyl (C=O) groups excluding carboxylic acids is 4. The van der Waals surface area contributed by atoms with Gasteiger partial charge < -0.3 is 46.1 Å². The number of fused-ring (bicyclic) bond motifs is 1. The summed E-state index contributed by atoms with van der Waals surface area (Å²) in [6.07, 6.45) is 1.95. The highest BCUT2D eigenvalue weighted by Gasteiger charge is 2.27. The molecule has 5 aromatic rings. The number of carboxylic acid groups (broad SMARTS) is 2. The lowest BCUT2D eigenvalue weighted by atomic mass is 10.0. The van der Waals surface area contributed by atoms with Crippen LogP contribution >= 0.6 is 11.6 Å². The number of hydrogen-bond acceptors (Lipinski definition) is 10. The highest BCUT2D eigenvalue weighted by molar-refractivity contribution is 6.40. The molecule has 0 saturated carbocycles. The number of hydrogen-bond donors (Lipinski definition) is 7. The van der Waals surface area contributed by atoms with Gasteiger partial charge in [-0.15, -0.1) is 5.10 Å². The number of carbonyl (C=O) groups is 6. The quantitative estimate of drug-likeness (QED) is 0.0903. The number of aromatic carboxylic acids is 1.